The molecule has 1 N–H and O–H groups in total. The van der Waals surface area contributed by atoms with Gasteiger partial charge in [0.05, 0.1) is 13.2 Å². The highest BCUT2D eigenvalue weighted by Crippen LogP contribution is 2.33. The minimum Gasteiger partial charge on any atom is -0.454 e. The lowest BCUT2D eigenvalue weighted by atomic mass is 10.1. The quantitative estimate of drug-likeness (QED) is 0.875. The molecule has 1 amide bonds. The van der Waals surface area contributed by atoms with Crippen molar-refractivity contribution in [1.82, 2.24) is 14.9 Å². The Morgan fingerprint density at radius 2 is 2.12 bits per heavy atom. The maximum Gasteiger partial charge on any atom is 0.254 e. The first kappa shape index (κ1) is 15.6. The highest BCUT2D eigenvalue weighted by molar-refractivity contribution is 5.95. The van der Waals surface area contributed by atoms with Crippen molar-refractivity contribution in [3.8, 4) is 11.5 Å². The topological polar surface area (TPSA) is 93.8 Å². The van der Waals surface area contributed by atoms with Gasteiger partial charge < -0.3 is 24.1 Å². The van der Waals surface area contributed by atoms with Gasteiger partial charge in [-0.1, -0.05) is 0 Å². The first-order chi connectivity index (χ1) is 12.1. The minimum atomic E-state index is -0.459. The second kappa shape index (κ2) is 6.21. The van der Waals surface area contributed by atoms with Crippen molar-refractivity contribution in [2.75, 3.05) is 26.5 Å². The molecule has 8 nitrogen and oxygen atoms in total. The number of aryl methyl sites for hydroxylation is 1. The number of carbonyl (C=O) groups excluding carboxylic acids is 1. The van der Waals surface area contributed by atoms with Gasteiger partial charge in [0.2, 0.25) is 6.79 Å². The zero-order valence-corrected chi connectivity index (χ0v) is 13.7. The summed E-state index contributed by atoms with van der Waals surface area (Å²) in [6.45, 7) is 3.08. The molecule has 4 rings (SSSR count). The van der Waals surface area contributed by atoms with E-state index in [0.29, 0.717) is 48.3 Å². The molecule has 1 fully saturated rings. The van der Waals surface area contributed by atoms with Crippen molar-refractivity contribution in [2.24, 2.45) is 0 Å². The van der Waals surface area contributed by atoms with E-state index in [1.807, 2.05) is 0 Å². The molecule has 130 valence electrons. The molecule has 0 spiro atoms. The molecule has 2 aromatic rings. The zero-order valence-electron chi connectivity index (χ0n) is 13.7. The van der Waals surface area contributed by atoms with Gasteiger partial charge >= 0.3 is 0 Å². The van der Waals surface area contributed by atoms with Crippen LogP contribution in [-0.2, 0) is 4.74 Å². The molecule has 0 bridgehead atoms. The Bertz CT molecular complexity index is 879. The van der Waals surface area contributed by atoms with Crippen LogP contribution in [0.25, 0.3) is 0 Å². The zero-order chi connectivity index (χ0) is 17.4. The number of nitrogens with zero attached hydrogens (tertiary/aromatic N) is 2. The van der Waals surface area contributed by atoms with Crippen LogP contribution in [0, 0.1) is 6.92 Å². The molecule has 8 heteroatoms. The lowest BCUT2D eigenvalue weighted by Crippen LogP contribution is -2.43. The van der Waals surface area contributed by atoms with Crippen LogP contribution >= 0.6 is 0 Å². The second-order valence-electron chi connectivity index (χ2n) is 5.95. The number of ether oxygens (including phenoxy) is 3. The van der Waals surface area contributed by atoms with Crippen molar-refractivity contribution in [2.45, 2.75) is 13.0 Å². The van der Waals surface area contributed by atoms with Crippen LogP contribution in [0.5, 0.6) is 11.5 Å². The van der Waals surface area contributed by atoms with E-state index >= 15 is 0 Å². The Morgan fingerprint density at radius 1 is 1.28 bits per heavy atom. The monoisotopic (exact) mass is 343 g/mol. The molecule has 0 aliphatic carbocycles. The average molecular weight is 343 g/mol. The summed E-state index contributed by atoms with van der Waals surface area (Å²) in [6.07, 6.45) is -0.459. The molecule has 1 aromatic heterocycles. The summed E-state index contributed by atoms with van der Waals surface area (Å²) in [5, 5.41) is 0. The van der Waals surface area contributed by atoms with Gasteiger partial charge in [-0.15, -0.1) is 0 Å². The first-order valence-electron chi connectivity index (χ1n) is 7.98. The molecule has 0 radical (unpaired) electrons. The first-order valence-corrected chi connectivity index (χ1v) is 7.98. The van der Waals surface area contributed by atoms with Gasteiger partial charge in [0, 0.05) is 23.9 Å². The van der Waals surface area contributed by atoms with E-state index in [1.165, 1.54) is 6.07 Å². The smallest absolute Gasteiger partial charge is 0.254 e. The van der Waals surface area contributed by atoms with Crippen LogP contribution < -0.4 is 15.0 Å². The number of aromatic nitrogens is 2. The summed E-state index contributed by atoms with van der Waals surface area (Å²) in [5.41, 5.74) is 0.905. The van der Waals surface area contributed by atoms with Gasteiger partial charge in [-0.3, -0.25) is 9.59 Å². The van der Waals surface area contributed by atoms with Crippen LogP contribution in [0.4, 0.5) is 0 Å². The number of hydrogen-bond acceptors (Lipinski definition) is 6. The average Bonchev–Trinajstić information content (AvgIpc) is 3.08. The van der Waals surface area contributed by atoms with Gasteiger partial charge in [0.25, 0.3) is 11.5 Å². The van der Waals surface area contributed by atoms with Gasteiger partial charge in [0.15, 0.2) is 11.5 Å². The normalized spacial score (nSPS) is 19.1. The third-order valence-electron chi connectivity index (χ3n) is 4.17. The number of rotatable bonds is 2. The third-order valence-corrected chi connectivity index (χ3v) is 4.17. The maximum absolute atomic E-state index is 12.8. The van der Waals surface area contributed by atoms with E-state index in [9.17, 15) is 9.59 Å². The van der Waals surface area contributed by atoms with Crippen molar-refractivity contribution < 1.29 is 19.0 Å². The molecule has 2 aliphatic heterocycles. The minimum absolute atomic E-state index is 0.124. The molecular weight excluding hydrogens is 326 g/mol. The number of H-pyrrole nitrogens is 1. The molecule has 1 atom stereocenters. The number of hydrogen-bond donors (Lipinski definition) is 1. The van der Waals surface area contributed by atoms with Crippen molar-refractivity contribution in [1.29, 1.82) is 0 Å². The Balaban J connectivity index is 1.54. The Morgan fingerprint density at radius 3 is 2.96 bits per heavy atom. The van der Waals surface area contributed by atoms with Crippen molar-refractivity contribution in [3.63, 3.8) is 0 Å². The van der Waals surface area contributed by atoms with Crippen LogP contribution in [0.15, 0.2) is 29.1 Å². The third kappa shape index (κ3) is 3.08. The molecule has 3 heterocycles. The van der Waals surface area contributed by atoms with Gasteiger partial charge in [-0.05, 0) is 25.1 Å². The standard InChI is InChI=1S/C17H17N3O5/c1-10-6-15(21)19-16(18-10)14-8-20(4-5-23-14)17(22)11-2-3-12-13(7-11)25-9-24-12/h2-3,6-7,14H,4-5,8-9H2,1H3,(H,18,19,21)/t14-/m0/s1. The van der Waals surface area contributed by atoms with Crippen LogP contribution in [0.3, 0.4) is 0 Å². The Labute approximate surface area is 143 Å². The summed E-state index contributed by atoms with van der Waals surface area (Å²) >= 11 is 0. The molecule has 0 saturated carbocycles. The fraction of sp³-hybridized carbons (Fsp3) is 0.353. The number of amides is 1. The molecule has 1 saturated heterocycles. The molecule has 2 aliphatic rings. The fourth-order valence-electron chi connectivity index (χ4n) is 2.97. The fourth-order valence-corrected chi connectivity index (χ4v) is 2.97. The van der Waals surface area contributed by atoms with Gasteiger partial charge in [-0.25, -0.2) is 4.98 Å². The van der Waals surface area contributed by atoms with E-state index in [1.54, 1.807) is 30.0 Å². The predicted octanol–water partition coefficient (Wildman–Crippen LogP) is 1.02. The maximum atomic E-state index is 12.8. The van der Waals surface area contributed by atoms with Crippen molar-refractivity contribution in [3.05, 3.63) is 51.7 Å². The Kier molecular flexibility index (Phi) is 3.89. The largest absolute Gasteiger partial charge is 0.454 e. The molecular formula is C17H17N3O5. The Hall–Kier alpha value is -2.87. The van der Waals surface area contributed by atoms with E-state index in [2.05, 4.69) is 9.97 Å². The van der Waals surface area contributed by atoms with Gasteiger partial charge in [0.1, 0.15) is 11.9 Å². The van der Waals surface area contributed by atoms with Crippen molar-refractivity contribution >= 4 is 5.91 Å². The van der Waals surface area contributed by atoms with Gasteiger partial charge in [-0.2, -0.15) is 0 Å². The molecule has 25 heavy (non-hydrogen) atoms. The van der Waals surface area contributed by atoms with E-state index in [4.69, 9.17) is 14.2 Å². The summed E-state index contributed by atoms with van der Waals surface area (Å²) in [4.78, 5) is 33.1. The number of morpholine rings is 1. The predicted molar refractivity (Wildman–Crippen MR) is 86.8 cm³/mol. The highest BCUT2D eigenvalue weighted by Gasteiger charge is 2.28. The lowest BCUT2D eigenvalue weighted by molar-refractivity contribution is -0.0269. The summed E-state index contributed by atoms with van der Waals surface area (Å²) < 4.78 is 16.3. The number of benzene rings is 1. The van der Waals surface area contributed by atoms with Crippen LogP contribution in [0.1, 0.15) is 28.0 Å². The van der Waals surface area contributed by atoms with Crippen LogP contribution in [0.2, 0.25) is 0 Å². The second-order valence-corrected chi connectivity index (χ2v) is 5.95. The lowest BCUT2D eigenvalue weighted by Gasteiger charge is -2.32. The number of nitrogens with one attached hydrogen (secondary N) is 1. The van der Waals surface area contributed by atoms with E-state index in [0.717, 1.165) is 0 Å². The summed E-state index contributed by atoms with van der Waals surface area (Å²) in [5.74, 6) is 1.52. The highest BCUT2D eigenvalue weighted by atomic mass is 16.7. The number of fused-ring (bicyclic) bond motifs is 1. The van der Waals surface area contributed by atoms with Crippen LogP contribution in [-0.4, -0.2) is 47.3 Å². The van der Waals surface area contributed by atoms with E-state index < -0.39 is 6.10 Å². The molecule has 1 aromatic carbocycles. The number of carbonyl (C=O) groups is 1. The number of aromatic amines is 1. The molecule has 0 unspecified atom stereocenters. The summed E-state index contributed by atoms with van der Waals surface area (Å²) in [6, 6.07) is 6.55. The van der Waals surface area contributed by atoms with E-state index in [-0.39, 0.29) is 18.3 Å². The SMILES string of the molecule is Cc1cc(=O)[nH]c([C@@H]2CN(C(=O)c3ccc4c(c3)OCO4)CCO2)n1. The summed E-state index contributed by atoms with van der Waals surface area (Å²) in [7, 11) is 0.